The minimum atomic E-state index is -3.96. The maximum Gasteiger partial charge on any atom is 0.263 e. The van der Waals surface area contributed by atoms with Crippen molar-refractivity contribution >= 4 is 26.9 Å². The average Bonchev–Trinajstić information content (AvgIpc) is 2.80. The lowest BCUT2D eigenvalue weighted by atomic mass is 10.2. The normalized spacial score (nSPS) is 11.1. The summed E-state index contributed by atoms with van der Waals surface area (Å²) in [6, 6.07) is 20.2. The Morgan fingerprint density at radius 2 is 1.65 bits per heavy atom. The third kappa shape index (κ3) is 4.76. The molecule has 9 heteroatoms. The molecule has 0 bridgehead atoms. The molecule has 31 heavy (non-hydrogen) atoms. The second-order valence-electron chi connectivity index (χ2n) is 6.53. The van der Waals surface area contributed by atoms with E-state index >= 15 is 0 Å². The Labute approximate surface area is 179 Å². The van der Waals surface area contributed by atoms with E-state index in [1.807, 2.05) is 30.3 Å². The van der Waals surface area contributed by atoms with Gasteiger partial charge in [-0.1, -0.05) is 18.2 Å². The Kier molecular flexibility index (Phi) is 5.73. The first-order valence-corrected chi connectivity index (χ1v) is 10.9. The fraction of sp³-hybridized carbons (Fsp3) is 0.0909. The molecule has 0 aliphatic heterocycles. The Bertz CT molecular complexity index is 1350. The molecule has 2 aromatic carbocycles. The zero-order valence-electron chi connectivity index (χ0n) is 16.3. The van der Waals surface area contributed by atoms with Crippen molar-refractivity contribution in [2.75, 3.05) is 11.3 Å². The number of hydrogen-bond acceptors (Lipinski definition) is 7. The van der Waals surface area contributed by atoms with E-state index in [4.69, 9.17) is 10.00 Å². The zero-order chi connectivity index (χ0) is 21.7. The number of sulfonamides is 1. The van der Waals surface area contributed by atoms with Crippen molar-refractivity contribution in [1.82, 2.24) is 15.0 Å². The molecule has 8 nitrogen and oxygen atoms in total. The number of para-hydroxylation sites is 2. The van der Waals surface area contributed by atoms with E-state index < -0.39 is 10.0 Å². The summed E-state index contributed by atoms with van der Waals surface area (Å²) in [4.78, 5) is 13.1. The molecule has 0 radical (unpaired) electrons. The van der Waals surface area contributed by atoms with Crippen molar-refractivity contribution in [2.24, 2.45) is 0 Å². The van der Waals surface area contributed by atoms with Crippen molar-refractivity contribution in [3.63, 3.8) is 0 Å². The van der Waals surface area contributed by atoms with Crippen molar-refractivity contribution in [3.05, 3.63) is 84.2 Å². The molecule has 0 amide bonds. The van der Waals surface area contributed by atoms with E-state index in [9.17, 15) is 8.42 Å². The minimum Gasteiger partial charge on any atom is -0.475 e. The van der Waals surface area contributed by atoms with Crippen LogP contribution in [-0.4, -0.2) is 30.0 Å². The smallest absolute Gasteiger partial charge is 0.263 e. The molecule has 1 N–H and O–H groups in total. The fourth-order valence-electron chi connectivity index (χ4n) is 2.84. The summed E-state index contributed by atoms with van der Waals surface area (Å²) in [7, 11) is -3.96. The van der Waals surface area contributed by atoms with E-state index in [-0.39, 0.29) is 23.2 Å². The molecular weight excluding hydrogens is 414 g/mol. The van der Waals surface area contributed by atoms with Crippen molar-refractivity contribution in [2.45, 2.75) is 11.3 Å². The molecule has 0 atom stereocenters. The number of fused-ring (bicyclic) bond motifs is 1. The van der Waals surface area contributed by atoms with E-state index in [2.05, 4.69) is 19.7 Å². The standard InChI is InChI=1S/C22H17N5O3S/c23-15-16-8-10-18(11-9-16)31(28,29)27-21-22(26-20-7-2-1-6-19(20)25-21)30-14-12-17-5-3-4-13-24-17/h1-11,13H,12,14H2,(H,25,27). The summed E-state index contributed by atoms with van der Waals surface area (Å²) in [5, 5.41) is 8.91. The molecule has 4 aromatic rings. The Hall–Kier alpha value is -4.03. The first-order chi connectivity index (χ1) is 15.0. The Morgan fingerprint density at radius 1 is 0.935 bits per heavy atom. The van der Waals surface area contributed by atoms with E-state index in [0.29, 0.717) is 23.0 Å². The number of nitriles is 1. The Balaban J connectivity index is 1.63. The predicted octanol–water partition coefficient (Wildman–Crippen LogP) is 3.32. The lowest BCUT2D eigenvalue weighted by Gasteiger charge is -2.13. The van der Waals surface area contributed by atoms with Gasteiger partial charge in [-0.05, 0) is 48.5 Å². The quantitative estimate of drug-likeness (QED) is 0.477. The predicted molar refractivity (Wildman–Crippen MR) is 115 cm³/mol. The van der Waals surface area contributed by atoms with Gasteiger partial charge in [-0.3, -0.25) is 9.71 Å². The zero-order valence-corrected chi connectivity index (χ0v) is 17.1. The van der Waals surface area contributed by atoms with Crippen LogP contribution in [0.2, 0.25) is 0 Å². The topological polar surface area (TPSA) is 118 Å². The minimum absolute atomic E-state index is 0.000828. The summed E-state index contributed by atoms with van der Waals surface area (Å²) < 4.78 is 34.0. The van der Waals surface area contributed by atoms with Gasteiger partial charge in [0.15, 0.2) is 0 Å². The van der Waals surface area contributed by atoms with Gasteiger partial charge in [-0.25, -0.2) is 18.4 Å². The van der Waals surface area contributed by atoms with Crippen LogP contribution in [0.3, 0.4) is 0 Å². The van der Waals surface area contributed by atoms with Gasteiger partial charge in [0.2, 0.25) is 5.82 Å². The number of nitrogens with zero attached hydrogens (tertiary/aromatic N) is 4. The van der Waals surface area contributed by atoms with Crippen LogP contribution >= 0.6 is 0 Å². The first kappa shape index (κ1) is 20.3. The number of pyridine rings is 1. The van der Waals surface area contributed by atoms with Gasteiger partial charge in [-0.2, -0.15) is 5.26 Å². The average molecular weight is 431 g/mol. The third-order valence-corrected chi connectivity index (χ3v) is 5.74. The molecule has 0 spiro atoms. The van der Waals surface area contributed by atoms with Gasteiger partial charge in [0.05, 0.1) is 34.2 Å². The number of aromatic nitrogens is 3. The molecule has 4 rings (SSSR count). The molecular formula is C22H17N5O3S. The first-order valence-electron chi connectivity index (χ1n) is 9.38. The molecule has 0 fully saturated rings. The van der Waals surface area contributed by atoms with Gasteiger partial charge in [0.25, 0.3) is 15.9 Å². The van der Waals surface area contributed by atoms with E-state index in [1.54, 1.807) is 24.4 Å². The van der Waals surface area contributed by atoms with E-state index in [1.165, 1.54) is 24.3 Å². The highest BCUT2D eigenvalue weighted by atomic mass is 32.2. The summed E-state index contributed by atoms with van der Waals surface area (Å²) in [6.45, 7) is 0.246. The monoisotopic (exact) mass is 431 g/mol. The van der Waals surface area contributed by atoms with Crippen LogP contribution in [0, 0.1) is 11.3 Å². The van der Waals surface area contributed by atoms with Gasteiger partial charge in [0.1, 0.15) is 0 Å². The van der Waals surface area contributed by atoms with E-state index in [0.717, 1.165) is 5.69 Å². The number of hydrogen-bond donors (Lipinski definition) is 1. The molecule has 154 valence electrons. The summed E-state index contributed by atoms with van der Waals surface area (Å²) in [5.74, 6) is 0.0657. The number of rotatable bonds is 7. The highest BCUT2D eigenvalue weighted by Gasteiger charge is 2.20. The Morgan fingerprint density at radius 3 is 2.32 bits per heavy atom. The van der Waals surface area contributed by atoms with Gasteiger partial charge in [-0.15, -0.1) is 0 Å². The van der Waals surface area contributed by atoms with Gasteiger partial charge < -0.3 is 4.74 Å². The molecule has 2 heterocycles. The fourth-order valence-corrected chi connectivity index (χ4v) is 3.84. The number of nitrogens with one attached hydrogen (secondary N) is 1. The van der Waals surface area contributed by atoms with Crippen molar-refractivity contribution in [3.8, 4) is 11.9 Å². The van der Waals surface area contributed by atoms with Crippen LogP contribution in [-0.2, 0) is 16.4 Å². The molecule has 0 aliphatic carbocycles. The summed E-state index contributed by atoms with van der Waals surface area (Å²) in [6.07, 6.45) is 2.22. The SMILES string of the molecule is N#Cc1ccc(S(=O)(=O)Nc2nc3ccccc3nc2OCCc2ccccn2)cc1. The van der Waals surface area contributed by atoms with Gasteiger partial charge >= 0.3 is 0 Å². The molecule has 0 unspecified atom stereocenters. The van der Waals surface area contributed by atoms with Crippen LogP contribution in [0.1, 0.15) is 11.3 Å². The largest absolute Gasteiger partial charge is 0.475 e. The van der Waals surface area contributed by atoms with Crippen LogP contribution in [0.5, 0.6) is 5.88 Å². The van der Waals surface area contributed by atoms with Crippen molar-refractivity contribution < 1.29 is 13.2 Å². The lowest BCUT2D eigenvalue weighted by Crippen LogP contribution is -2.16. The van der Waals surface area contributed by atoms with Crippen LogP contribution in [0.4, 0.5) is 5.82 Å². The maximum absolute atomic E-state index is 12.9. The lowest BCUT2D eigenvalue weighted by molar-refractivity contribution is 0.310. The van der Waals surface area contributed by atoms with Gasteiger partial charge in [0, 0.05) is 18.3 Å². The molecule has 0 saturated heterocycles. The number of ether oxygens (including phenoxy) is 1. The summed E-state index contributed by atoms with van der Waals surface area (Å²) in [5.41, 5.74) is 2.31. The number of benzene rings is 2. The van der Waals surface area contributed by atoms with Crippen LogP contribution in [0.25, 0.3) is 11.0 Å². The van der Waals surface area contributed by atoms with Crippen molar-refractivity contribution in [1.29, 1.82) is 5.26 Å². The second-order valence-corrected chi connectivity index (χ2v) is 8.21. The number of anilines is 1. The van der Waals surface area contributed by atoms with Crippen LogP contribution < -0.4 is 9.46 Å². The molecule has 0 saturated carbocycles. The molecule has 2 aromatic heterocycles. The summed E-state index contributed by atoms with van der Waals surface area (Å²) >= 11 is 0. The highest BCUT2D eigenvalue weighted by Crippen LogP contribution is 2.26. The third-order valence-electron chi connectivity index (χ3n) is 4.39. The molecule has 0 aliphatic rings. The van der Waals surface area contributed by atoms with Crippen LogP contribution in [0.15, 0.2) is 77.8 Å². The second kappa shape index (κ2) is 8.77. The maximum atomic E-state index is 12.9. The highest BCUT2D eigenvalue weighted by molar-refractivity contribution is 7.92.